The molecule has 6 heteroatoms. The minimum absolute atomic E-state index is 0.569. The molecule has 0 spiro atoms. The number of aromatic nitrogens is 4. The summed E-state index contributed by atoms with van der Waals surface area (Å²) in [6, 6.07) is 18.2. The van der Waals surface area contributed by atoms with Gasteiger partial charge < -0.3 is 4.52 Å². The van der Waals surface area contributed by atoms with Crippen molar-refractivity contribution in [2.45, 2.75) is 20.4 Å². The largest absolute Gasteiger partial charge is 0.356 e. The van der Waals surface area contributed by atoms with Gasteiger partial charge in [0, 0.05) is 16.1 Å². The summed E-state index contributed by atoms with van der Waals surface area (Å²) < 4.78 is 8.40. The summed E-state index contributed by atoms with van der Waals surface area (Å²) >= 11 is 3.50. The number of hydrogen-bond acceptors (Lipinski definition) is 4. The predicted molar refractivity (Wildman–Crippen MR) is 104 cm³/mol. The van der Waals surface area contributed by atoms with E-state index in [1.54, 1.807) is 0 Å². The van der Waals surface area contributed by atoms with Gasteiger partial charge in [-0.15, -0.1) is 5.10 Å². The van der Waals surface area contributed by atoms with Crippen LogP contribution in [-0.2, 0) is 6.54 Å². The molecule has 2 aromatic carbocycles. The van der Waals surface area contributed by atoms with E-state index in [1.807, 2.05) is 54.1 Å². The van der Waals surface area contributed by atoms with Gasteiger partial charge in [-0.2, -0.15) is 0 Å². The summed E-state index contributed by atoms with van der Waals surface area (Å²) in [7, 11) is 0. The topological polar surface area (TPSA) is 56.7 Å². The first-order valence-electron chi connectivity index (χ1n) is 8.28. The van der Waals surface area contributed by atoms with Gasteiger partial charge in [0.25, 0.3) is 0 Å². The quantitative estimate of drug-likeness (QED) is 0.475. The zero-order chi connectivity index (χ0) is 18.1. The smallest absolute Gasteiger partial charge is 0.203 e. The molecule has 0 aliphatic rings. The molecule has 4 aromatic rings. The van der Waals surface area contributed by atoms with Gasteiger partial charge in [0.2, 0.25) is 5.82 Å². The molecule has 0 N–H and O–H groups in total. The van der Waals surface area contributed by atoms with Crippen LogP contribution in [0.3, 0.4) is 0 Å². The lowest BCUT2D eigenvalue weighted by atomic mass is 10.1. The van der Waals surface area contributed by atoms with Gasteiger partial charge in [-0.1, -0.05) is 63.0 Å². The highest BCUT2D eigenvalue weighted by atomic mass is 79.9. The molecule has 26 heavy (non-hydrogen) atoms. The molecule has 2 aromatic heterocycles. The average Bonchev–Trinajstić information content (AvgIpc) is 3.23. The summed E-state index contributed by atoms with van der Waals surface area (Å²) in [4.78, 5) is 4.54. The first-order valence-corrected chi connectivity index (χ1v) is 9.08. The number of hydrogen-bond donors (Lipinski definition) is 0. The summed E-state index contributed by atoms with van der Waals surface area (Å²) in [5.74, 6) is 2.11. The second-order valence-corrected chi connectivity index (χ2v) is 7.13. The van der Waals surface area contributed by atoms with Crippen molar-refractivity contribution in [1.82, 2.24) is 19.9 Å². The first kappa shape index (κ1) is 16.7. The summed E-state index contributed by atoms with van der Waals surface area (Å²) in [5, 5.41) is 8.73. The average molecular weight is 409 g/mol. The number of aryl methyl sites for hydroxylation is 2. The van der Waals surface area contributed by atoms with E-state index in [9.17, 15) is 0 Å². The van der Waals surface area contributed by atoms with E-state index in [1.165, 1.54) is 5.56 Å². The van der Waals surface area contributed by atoms with Gasteiger partial charge >= 0.3 is 0 Å². The van der Waals surface area contributed by atoms with Crippen LogP contribution in [0, 0.1) is 13.8 Å². The molecule has 0 aliphatic carbocycles. The van der Waals surface area contributed by atoms with Gasteiger partial charge in [-0.25, -0.2) is 9.67 Å². The Morgan fingerprint density at radius 1 is 1.04 bits per heavy atom. The van der Waals surface area contributed by atoms with E-state index >= 15 is 0 Å². The van der Waals surface area contributed by atoms with E-state index in [2.05, 4.69) is 50.2 Å². The molecule has 0 aliphatic heterocycles. The molecule has 0 saturated heterocycles. The minimum Gasteiger partial charge on any atom is -0.356 e. The second-order valence-electron chi connectivity index (χ2n) is 6.21. The zero-order valence-corrected chi connectivity index (χ0v) is 16.1. The van der Waals surface area contributed by atoms with E-state index < -0.39 is 0 Å². The minimum atomic E-state index is 0.569. The SMILES string of the molecule is Cc1ccc(-c2cc(-c3nc(C)n(Cc4cccc(Br)c4)n3)no2)cc1. The maximum atomic E-state index is 5.48. The fraction of sp³-hybridized carbons (Fsp3) is 0.150. The Hall–Kier alpha value is -2.73. The van der Waals surface area contributed by atoms with Crippen LogP contribution in [0.15, 0.2) is 63.6 Å². The highest BCUT2D eigenvalue weighted by Gasteiger charge is 2.14. The normalized spacial score (nSPS) is 11.0. The fourth-order valence-corrected chi connectivity index (χ4v) is 3.17. The van der Waals surface area contributed by atoms with Crippen molar-refractivity contribution >= 4 is 15.9 Å². The Bertz CT molecular complexity index is 1050. The molecule has 4 rings (SSSR count). The van der Waals surface area contributed by atoms with E-state index in [0.29, 0.717) is 23.8 Å². The van der Waals surface area contributed by atoms with Crippen molar-refractivity contribution in [3.05, 3.63) is 76.0 Å². The Kier molecular flexibility index (Phi) is 4.42. The lowest BCUT2D eigenvalue weighted by molar-refractivity contribution is 0.434. The molecular weight excluding hydrogens is 392 g/mol. The highest BCUT2D eigenvalue weighted by molar-refractivity contribution is 9.10. The van der Waals surface area contributed by atoms with Crippen molar-refractivity contribution in [1.29, 1.82) is 0 Å². The molecule has 0 atom stereocenters. The Morgan fingerprint density at radius 2 is 1.85 bits per heavy atom. The van der Waals surface area contributed by atoms with E-state index in [-0.39, 0.29) is 0 Å². The van der Waals surface area contributed by atoms with E-state index in [4.69, 9.17) is 4.52 Å². The standard InChI is InChI=1S/C20H17BrN4O/c1-13-6-8-16(9-7-13)19-11-18(24-26-19)20-22-14(2)25(23-20)12-15-4-3-5-17(21)10-15/h3-11H,12H2,1-2H3. The van der Waals surface area contributed by atoms with Gasteiger partial charge in [0.15, 0.2) is 11.5 Å². The second kappa shape index (κ2) is 6.88. The van der Waals surface area contributed by atoms with Crippen molar-refractivity contribution in [3.63, 3.8) is 0 Å². The Balaban J connectivity index is 1.60. The third-order valence-electron chi connectivity index (χ3n) is 4.15. The monoisotopic (exact) mass is 408 g/mol. The summed E-state index contributed by atoms with van der Waals surface area (Å²) in [5.41, 5.74) is 3.98. The van der Waals surface area contributed by atoms with Gasteiger partial charge in [0.1, 0.15) is 5.82 Å². The molecule has 130 valence electrons. The molecule has 2 heterocycles. The highest BCUT2D eigenvalue weighted by Crippen LogP contribution is 2.25. The van der Waals surface area contributed by atoms with Crippen LogP contribution in [0.2, 0.25) is 0 Å². The number of halogens is 1. The van der Waals surface area contributed by atoms with Gasteiger partial charge in [0.05, 0.1) is 6.54 Å². The van der Waals surface area contributed by atoms with Crippen LogP contribution < -0.4 is 0 Å². The van der Waals surface area contributed by atoms with Crippen molar-refractivity contribution in [2.24, 2.45) is 0 Å². The van der Waals surface area contributed by atoms with Gasteiger partial charge in [-0.05, 0) is 31.5 Å². The molecule has 0 saturated carbocycles. The first-order chi connectivity index (χ1) is 12.6. The fourth-order valence-electron chi connectivity index (χ4n) is 2.72. The van der Waals surface area contributed by atoms with E-state index in [0.717, 1.165) is 21.4 Å². The third kappa shape index (κ3) is 3.46. The molecule has 0 amide bonds. The number of benzene rings is 2. The van der Waals surface area contributed by atoms with Crippen molar-refractivity contribution in [3.8, 4) is 22.8 Å². The van der Waals surface area contributed by atoms with Crippen molar-refractivity contribution < 1.29 is 4.52 Å². The van der Waals surface area contributed by atoms with Crippen LogP contribution in [-0.4, -0.2) is 19.9 Å². The lowest BCUT2D eigenvalue weighted by Gasteiger charge is -2.03. The maximum Gasteiger partial charge on any atom is 0.203 e. The van der Waals surface area contributed by atoms with Crippen LogP contribution in [0.5, 0.6) is 0 Å². The molecule has 5 nitrogen and oxygen atoms in total. The molecule has 0 unspecified atom stereocenters. The van der Waals surface area contributed by atoms with Crippen LogP contribution >= 0.6 is 15.9 Å². The Morgan fingerprint density at radius 3 is 2.62 bits per heavy atom. The van der Waals surface area contributed by atoms with Gasteiger partial charge in [-0.3, -0.25) is 0 Å². The van der Waals surface area contributed by atoms with Crippen LogP contribution in [0.4, 0.5) is 0 Å². The molecule has 0 bridgehead atoms. The molecule has 0 radical (unpaired) electrons. The maximum absolute atomic E-state index is 5.48. The lowest BCUT2D eigenvalue weighted by Crippen LogP contribution is -2.04. The number of nitrogens with zero attached hydrogens (tertiary/aromatic N) is 4. The van der Waals surface area contributed by atoms with Crippen molar-refractivity contribution in [2.75, 3.05) is 0 Å². The third-order valence-corrected chi connectivity index (χ3v) is 4.65. The zero-order valence-electron chi connectivity index (χ0n) is 14.5. The summed E-state index contributed by atoms with van der Waals surface area (Å²) in [6.45, 7) is 4.65. The number of rotatable bonds is 4. The van der Waals surface area contributed by atoms with Crippen LogP contribution in [0.25, 0.3) is 22.8 Å². The molecular formula is C20H17BrN4O. The van der Waals surface area contributed by atoms with Crippen LogP contribution in [0.1, 0.15) is 17.0 Å². The predicted octanol–water partition coefficient (Wildman–Crippen LogP) is 5.03. The molecule has 0 fully saturated rings. The summed E-state index contributed by atoms with van der Waals surface area (Å²) in [6.07, 6.45) is 0. The Labute approximate surface area is 159 Å².